The van der Waals surface area contributed by atoms with Crippen molar-refractivity contribution in [3.8, 4) is 5.75 Å². The van der Waals surface area contributed by atoms with Crippen LogP contribution in [-0.4, -0.2) is 17.2 Å². The number of aromatic carboxylic acids is 1. The molecule has 0 aliphatic heterocycles. The molecule has 2 rings (SSSR count). The Labute approximate surface area is 108 Å². The van der Waals surface area contributed by atoms with Crippen molar-refractivity contribution >= 4 is 5.97 Å². The van der Waals surface area contributed by atoms with Crippen LogP contribution in [0.1, 0.15) is 48.5 Å². The lowest BCUT2D eigenvalue weighted by atomic mass is 9.88. The Morgan fingerprint density at radius 3 is 2.72 bits per heavy atom. The van der Waals surface area contributed by atoms with Crippen molar-refractivity contribution in [2.45, 2.75) is 45.6 Å². The van der Waals surface area contributed by atoms with Crippen LogP contribution in [0.2, 0.25) is 0 Å². The van der Waals surface area contributed by atoms with Crippen molar-refractivity contribution in [1.82, 2.24) is 0 Å². The van der Waals surface area contributed by atoms with Crippen LogP contribution in [0.5, 0.6) is 5.75 Å². The van der Waals surface area contributed by atoms with Crippen molar-refractivity contribution in [3.63, 3.8) is 0 Å². The molecule has 1 saturated carbocycles. The first-order valence-corrected chi connectivity index (χ1v) is 6.58. The van der Waals surface area contributed by atoms with Gasteiger partial charge in [0.05, 0.1) is 0 Å². The minimum Gasteiger partial charge on any atom is -0.489 e. The van der Waals surface area contributed by atoms with Crippen molar-refractivity contribution < 1.29 is 14.6 Å². The molecule has 98 valence electrons. The van der Waals surface area contributed by atoms with E-state index in [2.05, 4.69) is 6.92 Å². The molecule has 1 fully saturated rings. The maximum Gasteiger partial charge on any atom is 0.339 e. The van der Waals surface area contributed by atoms with Gasteiger partial charge in [0.25, 0.3) is 0 Å². The fourth-order valence-electron chi connectivity index (χ4n) is 2.53. The van der Waals surface area contributed by atoms with Crippen LogP contribution < -0.4 is 4.74 Å². The van der Waals surface area contributed by atoms with Gasteiger partial charge < -0.3 is 9.84 Å². The van der Waals surface area contributed by atoms with Gasteiger partial charge in [-0.1, -0.05) is 25.0 Å². The molecule has 0 amide bonds. The van der Waals surface area contributed by atoms with Crippen LogP contribution in [0.25, 0.3) is 0 Å². The molecule has 0 aromatic heterocycles. The van der Waals surface area contributed by atoms with Crippen LogP contribution >= 0.6 is 0 Å². The van der Waals surface area contributed by atoms with E-state index in [4.69, 9.17) is 4.74 Å². The summed E-state index contributed by atoms with van der Waals surface area (Å²) in [5.41, 5.74) is 1.21. The van der Waals surface area contributed by atoms with E-state index < -0.39 is 5.97 Å². The zero-order chi connectivity index (χ0) is 13.1. The van der Waals surface area contributed by atoms with Gasteiger partial charge in [-0.2, -0.15) is 0 Å². The van der Waals surface area contributed by atoms with Gasteiger partial charge in [-0.05, 0) is 44.2 Å². The third-order valence-corrected chi connectivity index (χ3v) is 3.68. The first-order chi connectivity index (χ1) is 8.58. The fourth-order valence-corrected chi connectivity index (χ4v) is 2.53. The average molecular weight is 248 g/mol. The lowest BCUT2D eigenvalue weighted by molar-refractivity contribution is 0.0673. The Hall–Kier alpha value is -1.51. The summed E-state index contributed by atoms with van der Waals surface area (Å²) in [7, 11) is 0. The Balaban J connectivity index is 2.20. The second kappa shape index (κ2) is 5.42. The predicted molar refractivity (Wildman–Crippen MR) is 70.2 cm³/mol. The third kappa shape index (κ3) is 2.84. The molecule has 0 bridgehead atoms. The van der Waals surface area contributed by atoms with Crippen LogP contribution in [0.15, 0.2) is 18.2 Å². The van der Waals surface area contributed by atoms with Crippen molar-refractivity contribution in [2.75, 3.05) is 0 Å². The molecule has 1 aromatic carbocycles. The Morgan fingerprint density at radius 1 is 1.33 bits per heavy atom. The predicted octanol–water partition coefficient (Wildman–Crippen LogP) is 3.65. The molecule has 1 N–H and O–H groups in total. The monoisotopic (exact) mass is 248 g/mol. The molecule has 18 heavy (non-hydrogen) atoms. The molecule has 0 heterocycles. The number of carboxylic acids is 1. The van der Waals surface area contributed by atoms with E-state index in [1.165, 1.54) is 19.3 Å². The lowest BCUT2D eigenvalue weighted by Crippen LogP contribution is -2.28. The number of hydrogen-bond acceptors (Lipinski definition) is 2. The molecule has 1 aliphatic carbocycles. The minimum absolute atomic E-state index is 0.152. The molecule has 1 aliphatic rings. The third-order valence-electron chi connectivity index (χ3n) is 3.68. The molecule has 3 heteroatoms. The zero-order valence-electron chi connectivity index (χ0n) is 11.0. The number of carbonyl (C=O) groups is 1. The molecule has 0 spiro atoms. The first kappa shape index (κ1) is 12.9. The van der Waals surface area contributed by atoms with Gasteiger partial charge in [0.1, 0.15) is 17.4 Å². The number of hydrogen-bond donors (Lipinski definition) is 1. The second-order valence-electron chi connectivity index (χ2n) is 5.22. The quantitative estimate of drug-likeness (QED) is 0.888. The maximum atomic E-state index is 11.2. The molecule has 1 aromatic rings. The fraction of sp³-hybridized carbons (Fsp3) is 0.533. The molecular formula is C15H20O3. The van der Waals surface area contributed by atoms with E-state index in [1.807, 2.05) is 13.0 Å². The maximum absolute atomic E-state index is 11.2. The molecule has 0 saturated heterocycles. The summed E-state index contributed by atoms with van der Waals surface area (Å²) in [6.45, 7) is 4.07. The van der Waals surface area contributed by atoms with E-state index in [9.17, 15) is 9.90 Å². The minimum atomic E-state index is -0.919. The van der Waals surface area contributed by atoms with Gasteiger partial charge in [-0.25, -0.2) is 4.79 Å². The van der Waals surface area contributed by atoms with Gasteiger partial charge in [0.15, 0.2) is 0 Å². The van der Waals surface area contributed by atoms with Gasteiger partial charge >= 0.3 is 5.97 Å². The highest BCUT2D eigenvalue weighted by atomic mass is 16.5. The summed E-state index contributed by atoms with van der Waals surface area (Å²) in [5.74, 6) is 0.0886. The van der Waals surface area contributed by atoms with Crippen LogP contribution in [0, 0.1) is 12.8 Å². The zero-order valence-corrected chi connectivity index (χ0v) is 11.0. The SMILES string of the molecule is Cc1ccc(OC2CCCCC2C)c(C(=O)O)c1. The smallest absolute Gasteiger partial charge is 0.339 e. The first-order valence-electron chi connectivity index (χ1n) is 6.58. The van der Waals surface area contributed by atoms with E-state index in [-0.39, 0.29) is 11.7 Å². The molecular weight excluding hydrogens is 228 g/mol. The number of benzene rings is 1. The Bertz CT molecular complexity index is 439. The van der Waals surface area contributed by atoms with E-state index in [1.54, 1.807) is 12.1 Å². The summed E-state index contributed by atoms with van der Waals surface area (Å²) in [6, 6.07) is 5.35. The summed E-state index contributed by atoms with van der Waals surface area (Å²) in [5, 5.41) is 9.21. The summed E-state index contributed by atoms with van der Waals surface area (Å²) >= 11 is 0. The van der Waals surface area contributed by atoms with Gasteiger partial charge in [0.2, 0.25) is 0 Å². The number of aryl methyl sites for hydroxylation is 1. The normalized spacial score (nSPS) is 23.7. The summed E-state index contributed by atoms with van der Waals surface area (Å²) < 4.78 is 5.93. The van der Waals surface area contributed by atoms with Crippen molar-refractivity contribution in [2.24, 2.45) is 5.92 Å². The number of rotatable bonds is 3. The summed E-state index contributed by atoms with van der Waals surface area (Å²) in [6.07, 6.45) is 4.76. The second-order valence-corrected chi connectivity index (χ2v) is 5.22. The van der Waals surface area contributed by atoms with E-state index >= 15 is 0 Å². The highest BCUT2D eigenvalue weighted by Gasteiger charge is 2.24. The highest BCUT2D eigenvalue weighted by molar-refractivity contribution is 5.91. The van der Waals surface area contributed by atoms with E-state index in [0.717, 1.165) is 12.0 Å². The Morgan fingerprint density at radius 2 is 2.06 bits per heavy atom. The molecule has 0 radical (unpaired) electrons. The van der Waals surface area contributed by atoms with Gasteiger partial charge in [-0.15, -0.1) is 0 Å². The number of carboxylic acid groups (broad SMARTS) is 1. The molecule has 2 atom stereocenters. The Kier molecular flexibility index (Phi) is 3.90. The van der Waals surface area contributed by atoms with Crippen LogP contribution in [0.4, 0.5) is 0 Å². The van der Waals surface area contributed by atoms with Crippen LogP contribution in [-0.2, 0) is 0 Å². The average Bonchev–Trinajstić information content (AvgIpc) is 2.34. The van der Waals surface area contributed by atoms with Crippen molar-refractivity contribution in [3.05, 3.63) is 29.3 Å². The van der Waals surface area contributed by atoms with E-state index in [0.29, 0.717) is 11.7 Å². The largest absolute Gasteiger partial charge is 0.489 e. The molecule has 3 nitrogen and oxygen atoms in total. The topological polar surface area (TPSA) is 46.5 Å². The standard InChI is InChI=1S/C15H20O3/c1-10-7-8-14(12(9-10)15(16)17)18-13-6-4-3-5-11(13)2/h7-9,11,13H,3-6H2,1-2H3,(H,16,17). The molecule has 2 unspecified atom stereocenters. The van der Waals surface area contributed by atoms with Gasteiger partial charge in [-0.3, -0.25) is 0 Å². The van der Waals surface area contributed by atoms with Crippen molar-refractivity contribution in [1.29, 1.82) is 0 Å². The van der Waals surface area contributed by atoms with Crippen LogP contribution in [0.3, 0.4) is 0 Å². The summed E-state index contributed by atoms with van der Waals surface area (Å²) in [4.78, 5) is 11.2. The van der Waals surface area contributed by atoms with Gasteiger partial charge in [0, 0.05) is 0 Å². The highest BCUT2D eigenvalue weighted by Crippen LogP contribution is 2.30. The lowest BCUT2D eigenvalue weighted by Gasteiger charge is -2.29. The number of ether oxygens (including phenoxy) is 1.